The minimum atomic E-state index is -3.26. The molecule has 0 spiro atoms. The number of benzene rings is 1. The largest absolute Gasteiger partial charge is 0.480 e. The van der Waals surface area contributed by atoms with Crippen LogP contribution in [-0.4, -0.2) is 66.7 Å². The molecule has 1 N–H and O–H groups in total. The molecule has 0 aromatic heterocycles. The van der Waals surface area contributed by atoms with Crippen LogP contribution in [0.5, 0.6) is 0 Å². The third kappa shape index (κ3) is 5.29. The number of hydrogen-bond donors (Lipinski definition) is 1. The average Bonchev–Trinajstić information content (AvgIpc) is 2.59. The molecule has 24 heavy (non-hydrogen) atoms. The van der Waals surface area contributed by atoms with Crippen molar-refractivity contribution in [2.24, 2.45) is 0 Å². The standard InChI is InChI=1S/C17H26N2O4S/c1-2-18(14-17(20)21)16-8-11-19(12-9-16)24(22,23)13-10-15-6-4-3-5-7-15/h3-7,16H,2,8-14H2,1H3,(H,20,21). The van der Waals surface area contributed by atoms with E-state index in [0.29, 0.717) is 38.9 Å². The topological polar surface area (TPSA) is 77.9 Å². The second-order valence-corrected chi connectivity index (χ2v) is 8.23. The fourth-order valence-corrected chi connectivity index (χ4v) is 4.70. The summed E-state index contributed by atoms with van der Waals surface area (Å²) in [6.45, 7) is 3.56. The zero-order valence-electron chi connectivity index (χ0n) is 14.1. The Kier molecular flexibility index (Phi) is 6.77. The van der Waals surface area contributed by atoms with Gasteiger partial charge in [0.15, 0.2) is 0 Å². The van der Waals surface area contributed by atoms with Gasteiger partial charge in [-0.15, -0.1) is 0 Å². The Morgan fingerprint density at radius 1 is 1.25 bits per heavy atom. The summed E-state index contributed by atoms with van der Waals surface area (Å²) in [5, 5.41) is 8.96. The molecule has 1 aromatic carbocycles. The number of rotatable bonds is 8. The van der Waals surface area contributed by atoms with Gasteiger partial charge in [-0.2, -0.15) is 0 Å². The van der Waals surface area contributed by atoms with Crippen molar-refractivity contribution in [3.05, 3.63) is 35.9 Å². The summed E-state index contributed by atoms with van der Waals surface area (Å²) in [6.07, 6.45) is 1.89. The van der Waals surface area contributed by atoms with Gasteiger partial charge in [0.1, 0.15) is 0 Å². The Morgan fingerprint density at radius 2 is 1.88 bits per heavy atom. The molecule has 0 radical (unpaired) electrons. The van der Waals surface area contributed by atoms with Gasteiger partial charge in [0.05, 0.1) is 12.3 Å². The minimum Gasteiger partial charge on any atom is -0.480 e. The van der Waals surface area contributed by atoms with Gasteiger partial charge in [-0.05, 0) is 31.4 Å². The number of carboxylic acid groups (broad SMARTS) is 1. The highest BCUT2D eigenvalue weighted by molar-refractivity contribution is 7.89. The van der Waals surface area contributed by atoms with E-state index in [9.17, 15) is 13.2 Å². The lowest BCUT2D eigenvalue weighted by molar-refractivity contribution is -0.139. The lowest BCUT2D eigenvalue weighted by atomic mass is 10.0. The molecule has 7 heteroatoms. The van der Waals surface area contributed by atoms with Gasteiger partial charge in [-0.3, -0.25) is 9.69 Å². The zero-order valence-corrected chi connectivity index (χ0v) is 14.9. The summed E-state index contributed by atoms with van der Waals surface area (Å²) in [7, 11) is -3.26. The van der Waals surface area contributed by atoms with Crippen LogP contribution < -0.4 is 0 Å². The maximum absolute atomic E-state index is 12.5. The summed E-state index contributed by atoms with van der Waals surface area (Å²) < 4.78 is 26.6. The average molecular weight is 354 g/mol. The first kappa shape index (κ1) is 18.9. The second kappa shape index (κ2) is 8.60. The van der Waals surface area contributed by atoms with E-state index in [0.717, 1.165) is 5.56 Å². The molecule has 6 nitrogen and oxygen atoms in total. The minimum absolute atomic E-state index is 0.0158. The molecule has 1 aliphatic heterocycles. The van der Waals surface area contributed by atoms with E-state index in [1.54, 1.807) is 4.31 Å². The van der Waals surface area contributed by atoms with Crippen molar-refractivity contribution in [1.82, 2.24) is 9.21 Å². The van der Waals surface area contributed by atoms with Gasteiger partial charge in [-0.1, -0.05) is 37.3 Å². The van der Waals surface area contributed by atoms with Gasteiger partial charge >= 0.3 is 5.97 Å². The molecule has 1 fully saturated rings. The number of carboxylic acids is 1. The molecule has 0 atom stereocenters. The summed E-state index contributed by atoms with van der Waals surface area (Å²) in [5.74, 6) is -0.719. The number of carbonyl (C=O) groups is 1. The Bertz CT molecular complexity index is 625. The van der Waals surface area contributed by atoms with Crippen LogP contribution in [0.1, 0.15) is 25.3 Å². The summed E-state index contributed by atoms with van der Waals surface area (Å²) in [6, 6.07) is 9.76. The van der Waals surface area contributed by atoms with E-state index in [4.69, 9.17) is 5.11 Å². The van der Waals surface area contributed by atoms with E-state index in [1.165, 1.54) is 0 Å². The third-order valence-electron chi connectivity index (χ3n) is 4.57. The van der Waals surface area contributed by atoms with E-state index in [1.807, 2.05) is 42.2 Å². The highest BCUT2D eigenvalue weighted by Crippen LogP contribution is 2.19. The smallest absolute Gasteiger partial charge is 0.317 e. The molecule has 0 amide bonds. The van der Waals surface area contributed by atoms with Crippen LogP contribution in [0, 0.1) is 0 Å². The quantitative estimate of drug-likeness (QED) is 0.764. The Labute approximate surface area is 144 Å². The van der Waals surface area contributed by atoms with Crippen molar-refractivity contribution in [2.75, 3.05) is 31.9 Å². The number of aliphatic carboxylic acids is 1. The summed E-state index contributed by atoms with van der Waals surface area (Å²) in [5.41, 5.74) is 1.02. The molecule has 134 valence electrons. The maximum Gasteiger partial charge on any atom is 0.317 e. The van der Waals surface area contributed by atoms with E-state index >= 15 is 0 Å². The predicted molar refractivity (Wildman–Crippen MR) is 93.4 cm³/mol. The van der Waals surface area contributed by atoms with Crippen molar-refractivity contribution in [3.63, 3.8) is 0 Å². The molecule has 1 heterocycles. The number of piperidine rings is 1. The van der Waals surface area contributed by atoms with Crippen molar-refractivity contribution in [1.29, 1.82) is 0 Å². The van der Waals surface area contributed by atoms with Crippen molar-refractivity contribution in [2.45, 2.75) is 32.2 Å². The highest BCUT2D eigenvalue weighted by Gasteiger charge is 2.30. The number of aryl methyl sites for hydroxylation is 1. The molecular formula is C17H26N2O4S. The van der Waals surface area contributed by atoms with E-state index in [2.05, 4.69) is 0 Å². The van der Waals surface area contributed by atoms with Gasteiger partial charge in [0.25, 0.3) is 0 Å². The van der Waals surface area contributed by atoms with Crippen molar-refractivity contribution in [3.8, 4) is 0 Å². The van der Waals surface area contributed by atoms with Gasteiger partial charge < -0.3 is 5.11 Å². The van der Waals surface area contributed by atoms with Crippen molar-refractivity contribution < 1.29 is 18.3 Å². The van der Waals surface area contributed by atoms with Crippen LogP contribution in [-0.2, 0) is 21.2 Å². The van der Waals surface area contributed by atoms with E-state index in [-0.39, 0.29) is 18.3 Å². The Morgan fingerprint density at radius 3 is 2.42 bits per heavy atom. The van der Waals surface area contributed by atoms with Crippen LogP contribution in [0.4, 0.5) is 0 Å². The summed E-state index contributed by atoms with van der Waals surface area (Å²) in [4.78, 5) is 12.8. The molecule has 0 unspecified atom stereocenters. The zero-order chi connectivity index (χ0) is 17.6. The SMILES string of the molecule is CCN(CC(=O)O)C1CCN(S(=O)(=O)CCc2ccccc2)CC1. The molecule has 0 saturated carbocycles. The molecule has 0 aliphatic carbocycles. The fraction of sp³-hybridized carbons (Fsp3) is 0.588. The number of hydrogen-bond acceptors (Lipinski definition) is 4. The predicted octanol–water partition coefficient (Wildman–Crippen LogP) is 1.43. The van der Waals surface area contributed by atoms with Crippen LogP contribution in [0.2, 0.25) is 0 Å². The molecule has 1 aliphatic rings. The first-order valence-corrected chi connectivity index (χ1v) is 10.0. The van der Waals surface area contributed by atoms with E-state index < -0.39 is 16.0 Å². The third-order valence-corrected chi connectivity index (χ3v) is 6.44. The number of sulfonamides is 1. The molecule has 0 bridgehead atoms. The second-order valence-electron chi connectivity index (χ2n) is 6.14. The van der Waals surface area contributed by atoms with Crippen LogP contribution in [0.15, 0.2) is 30.3 Å². The molecule has 1 saturated heterocycles. The van der Waals surface area contributed by atoms with Crippen LogP contribution in [0.3, 0.4) is 0 Å². The lowest BCUT2D eigenvalue weighted by Crippen LogP contribution is -2.48. The van der Waals surface area contributed by atoms with Crippen molar-refractivity contribution >= 4 is 16.0 Å². The first-order chi connectivity index (χ1) is 11.4. The van der Waals surface area contributed by atoms with Gasteiger partial charge in [-0.25, -0.2) is 12.7 Å². The Balaban J connectivity index is 1.87. The molecule has 1 aromatic rings. The normalized spacial score (nSPS) is 17.2. The van der Waals surface area contributed by atoms with Gasteiger partial charge in [0, 0.05) is 19.1 Å². The van der Waals surface area contributed by atoms with Crippen LogP contribution >= 0.6 is 0 Å². The monoisotopic (exact) mass is 354 g/mol. The maximum atomic E-state index is 12.5. The Hall–Kier alpha value is -1.44. The molecular weight excluding hydrogens is 328 g/mol. The first-order valence-electron chi connectivity index (χ1n) is 8.40. The number of nitrogens with zero attached hydrogens (tertiary/aromatic N) is 2. The van der Waals surface area contributed by atoms with Gasteiger partial charge in [0.2, 0.25) is 10.0 Å². The molecule has 2 rings (SSSR count). The highest BCUT2D eigenvalue weighted by atomic mass is 32.2. The lowest BCUT2D eigenvalue weighted by Gasteiger charge is -2.36. The van der Waals surface area contributed by atoms with Crippen LogP contribution in [0.25, 0.3) is 0 Å². The summed E-state index contributed by atoms with van der Waals surface area (Å²) >= 11 is 0. The fourth-order valence-electron chi connectivity index (χ4n) is 3.18. The number of likely N-dealkylation sites (N-methyl/N-ethyl adjacent to an activating group) is 1.